The molecule has 0 heterocycles. The molecule has 7 nitrogen and oxygen atoms in total. The maximum Gasteiger partial charge on any atom is 0.264 e. The molecule has 46 heavy (non-hydrogen) atoms. The van der Waals surface area contributed by atoms with E-state index in [9.17, 15) is 18.0 Å². The summed E-state index contributed by atoms with van der Waals surface area (Å²) in [5.74, 6) is -0.950. The third-order valence-corrected chi connectivity index (χ3v) is 10.4. The van der Waals surface area contributed by atoms with Crippen molar-refractivity contribution in [1.82, 2.24) is 10.2 Å². The lowest BCUT2D eigenvalue weighted by atomic mass is 10.0. The molecule has 0 saturated carbocycles. The van der Waals surface area contributed by atoms with E-state index in [-0.39, 0.29) is 29.8 Å². The number of halogens is 2. The van der Waals surface area contributed by atoms with E-state index < -0.39 is 28.5 Å². The predicted octanol–water partition coefficient (Wildman–Crippen LogP) is 7.36. The minimum Gasteiger partial charge on any atom is -0.352 e. The molecule has 1 N–H and O–H groups in total. The second kappa shape index (κ2) is 15.6. The predicted molar refractivity (Wildman–Crippen MR) is 186 cm³/mol. The Morgan fingerprint density at radius 2 is 1.43 bits per heavy atom. The van der Waals surface area contributed by atoms with Crippen LogP contribution in [0.4, 0.5) is 5.69 Å². The van der Waals surface area contributed by atoms with Gasteiger partial charge in [-0.3, -0.25) is 13.9 Å². The summed E-state index contributed by atoms with van der Waals surface area (Å²) in [7, 11) is -4.21. The normalized spacial score (nSPS) is 12.7. The summed E-state index contributed by atoms with van der Waals surface area (Å²) in [4.78, 5) is 30.1. The van der Waals surface area contributed by atoms with Gasteiger partial charge in [-0.1, -0.05) is 102 Å². The summed E-state index contributed by atoms with van der Waals surface area (Å²) in [6.45, 7) is 6.83. The van der Waals surface area contributed by atoms with Crippen molar-refractivity contribution in [1.29, 1.82) is 0 Å². The summed E-state index contributed by atoms with van der Waals surface area (Å²) in [5.41, 5.74) is 3.21. The Hall–Kier alpha value is -3.85. The van der Waals surface area contributed by atoms with Gasteiger partial charge in [0, 0.05) is 34.6 Å². The number of hydrogen-bond acceptors (Lipinski definition) is 4. The molecule has 0 fully saturated rings. The van der Waals surface area contributed by atoms with E-state index in [4.69, 9.17) is 23.2 Å². The summed E-state index contributed by atoms with van der Waals surface area (Å²) in [5, 5.41) is 3.68. The average molecular weight is 681 g/mol. The van der Waals surface area contributed by atoms with E-state index in [0.29, 0.717) is 33.3 Å². The number of sulfonamides is 1. The number of benzene rings is 4. The summed E-state index contributed by atoms with van der Waals surface area (Å²) >= 11 is 13.2. The zero-order valence-electron chi connectivity index (χ0n) is 26.4. The second-order valence-corrected chi connectivity index (χ2v) is 14.0. The molecule has 0 radical (unpaired) electrons. The molecule has 0 aliphatic heterocycles. The Bertz CT molecular complexity index is 1750. The highest BCUT2D eigenvalue weighted by Gasteiger charge is 2.36. The van der Waals surface area contributed by atoms with Gasteiger partial charge in [0.1, 0.15) is 12.6 Å². The summed E-state index contributed by atoms with van der Waals surface area (Å²) in [6.07, 6.45) is 0.871. The first-order chi connectivity index (χ1) is 21.9. The standard InChI is InChI=1S/C36H39Cl2N3O4S/c1-5-27(4)39-36(43)34(22-28-13-7-6-8-14-28)40(23-30-31(37)15-11-16-32(30)38)35(42)24-41(33-17-10-9-12-26(33)3)46(44,45)29-20-18-25(2)19-21-29/h6-21,27,34H,5,22-24H2,1-4H3,(H,39,43)/t27-,34-/m1/s1. The molecule has 0 aromatic heterocycles. The largest absolute Gasteiger partial charge is 0.352 e. The van der Waals surface area contributed by atoms with E-state index in [2.05, 4.69) is 5.32 Å². The lowest BCUT2D eigenvalue weighted by molar-refractivity contribution is -0.140. The molecule has 10 heteroatoms. The Morgan fingerprint density at radius 3 is 2.04 bits per heavy atom. The number of hydrogen-bond donors (Lipinski definition) is 1. The highest BCUT2D eigenvalue weighted by molar-refractivity contribution is 7.92. The fraction of sp³-hybridized carbons (Fsp3) is 0.278. The van der Waals surface area contributed by atoms with Gasteiger partial charge >= 0.3 is 0 Å². The van der Waals surface area contributed by atoms with Crippen molar-refractivity contribution >= 4 is 50.7 Å². The minimum atomic E-state index is -4.21. The van der Waals surface area contributed by atoms with Gasteiger partial charge < -0.3 is 10.2 Å². The lowest BCUT2D eigenvalue weighted by Crippen LogP contribution is -2.54. The van der Waals surface area contributed by atoms with Gasteiger partial charge in [0.15, 0.2) is 0 Å². The van der Waals surface area contributed by atoms with Gasteiger partial charge in [0.2, 0.25) is 11.8 Å². The molecule has 0 saturated heterocycles. The first-order valence-electron chi connectivity index (χ1n) is 15.1. The molecule has 4 aromatic rings. The van der Waals surface area contributed by atoms with Crippen molar-refractivity contribution in [3.8, 4) is 0 Å². The van der Waals surface area contributed by atoms with Gasteiger partial charge in [0.25, 0.3) is 10.0 Å². The van der Waals surface area contributed by atoms with Crippen molar-refractivity contribution in [2.45, 2.75) is 64.1 Å². The molecule has 2 atom stereocenters. The van der Waals surface area contributed by atoms with Crippen molar-refractivity contribution in [2.24, 2.45) is 0 Å². The second-order valence-electron chi connectivity index (χ2n) is 11.4. The van der Waals surface area contributed by atoms with Crippen LogP contribution in [0.5, 0.6) is 0 Å². The highest BCUT2D eigenvalue weighted by Crippen LogP contribution is 2.30. The van der Waals surface area contributed by atoms with Crippen LogP contribution >= 0.6 is 23.2 Å². The van der Waals surface area contributed by atoms with E-state index in [1.165, 1.54) is 17.0 Å². The van der Waals surface area contributed by atoms with Gasteiger partial charge in [-0.15, -0.1) is 0 Å². The van der Waals surface area contributed by atoms with E-state index in [1.54, 1.807) is 61.5 Å². The molecule has 0 aliphatic carbocycles. The molecule has 0 bridgehead atoms. The highest BCUT2D eigenvalue weighted by atomic mass is 35.5. The Morgan fingerprint density at radius 1 is 0.826 bits per heavy atom. The maximum atomic E-state index is 14.6. The number of para-hydroxylation sites is 1. The minimum absolute atomic E-state index is 0.0465. The van der Waals surface area contributed by atoms with Crippen LogP contribution < -0.4 is 9.62 Å². The van der Waals surface area contributed by atoms with Crippen molar-refractivity contribution in [2.75, 3.05) is 10.8 Å². The smallest absolute Gasteiger partial charge is 0.264 e. The Labute approximate surface area is 282 Å². The zero-order valence-corrected chi connectivity index (χ0v) is 28.7. The van der Waals surface area contributed by atoms with Crippen LogP contribution in [0.3, 0.4) is 0 Å². The third kappa shape index (κ3) is 8.49. The van der Waals surface area contributed by atoms with Crippen LogP contribution in [-0.2, 0) is 32.6 Å². The van der Waals surface area contributed by atoms with Crippen molar-refractivity contribution in [3.63, 3.8) is 0 Å². The summed E-state index contributed by atoms with van der Waals surface area (Å²) < 4.78 is 29.6. The number of carbonyl (C=O) groups is 2. The average Bonchev–Trinajstić information content (AvgIpc) is 3.03. The number of carbonyl (C=O) groups excluding carboxylic acids is 2. The monoisotopic (exact) mass is 679 g/mol. The van der Waals surface area contributed by atoms with Gasteiger partial charge in [-0.25, -0.2) is 8.42 Å². The molecule has 2 amide bonds. The number of nitrogens with one attached hydrogen (secondary N) is 1. The molecule has 0 aliphatic rings. The molecule has 4 rings (SSSR count). The quantitative estimate of drug-likeness (QED) is 0.160. The van der Waals surface area contributed by atoms with Crippen LogP contribution in [0.25, 0.3) is 0 Å². The first-order valence-corrected chi connectivity index (χ1v) is 17.3. The van der Waals surface area contributed by atoms with Crippen molar-refractivity contribution < 1.29 is 18.0 Å². The van der Waals surface area contributed by atoms with Crippen LogP contribution in [0.2, 0.25) is 10.0 Å². The first kappa shape index (κ1) is 35.0. The van der Waals surface area contributed by atoms with Crippen LogP contribution in [0.15, 0.2) is 102 Å². The number of rotatable bonds is 13. The molecule has 0 spiro atoms. The van der Waals surface area contributed by atoms with E-state index >= 15 is 0 Å². The van der Waals surface area contributed by atoms with Gasteiger partial charge in [0.05, 0.1) is 10.6 Å². The number of nitrogens with zero attached hydrogens (tertiary/aromatic N) is 2. The van der Waals surface area contributed by atoms with Crippen LogP contribution in [-0.4, -0.2) is 43.8 Å². The molecule has 4 aromatic carbocycles. The summed E-state index contributed by atoms with van der Waals surface area (Å²) in [6, 6.07) is 26.7. The Kier molecular flexibility index (Phi) is 11.9. The van der Waals surface area contributed by atoms with Gasteiger partial charge in [-0.05, 0) is 68.7 Å². The third-order valence-electron chi connectivity index (χ3n) is 7.93. The fourth-order valence-electron chi connectivity index (χ4n) is 5.04. The fourth-order valence-corrected chi connectivity index (χ4v) is 7.04. The van der Waals surface area contributed by atoms with E-state index in [1.807, 2.05) is 51.1 Å². The molecular weight excluding hydrogens is 641 g/mol. The molecule has 0 unspecified atom stereocenters. The van der Waals surface area contributed by atoms with Crippen molar-refractivity contribution in [3.05, 3.63) is 129 Å². The van der Waals surface area contributed by atoms with Gasteiger partial charge in [-0.2, -0.15) is 0 Å². The van der Waals surface area contributed by atoms with Crippen LogP contribution in [0.1, 0.15) is 42.5 Å². The maximum absolute atomic E-state index is 14.6. The Balaban J connectivity index is 1.85. The van der Waals surface area contributed by atoms with Crippen LogP contribution in [0, 0.1) is 13.8 Å². The topological polar surface area (TPSA) is 86.8 Å². The van der Waals surface area contributed by atoms with E-state index in [0.717, 1.165) is 15.4 Å². The SMILES string of the molecule is CC[C@@H](C)NC(=O)[C@@H](Cc1ccccc1)N(Cc1c(Cl)cccc1Cl)C(=O)CN(c1ccccc1C)S(=O)(=O)c1ccc(C)cc1. The number of aryl methyl sites for hydroxylation is 2. The molecule has 242 valence electrons. The number of amides is 2. The lowest BCUT2D eigenvalue weighted by Gasteiger charge is -2.35. The number of anilines is 1. The zero-order chi connectivity index (χ0) is 33.4. The molecular formula is C36H39Cl2N3O4S.